The molecule has 4 nitrogen and oxygen atoms in total. The molecule has 3 aromatic rings. The van der Waals surface area contributed by atoms with E-state index in [4.69, 9.17) is 0 Å². The highest BCUT2D eigenvalue weighted by atomic mass is 19.1. The molecule has 0 saturated carbocycles. The van der Waals surface area contributed by atoms with E-state index in [2.05, 4.69) is 15.1 Å². The minimum atomic E-state index is -0.590. The number of aromatic hydroxyl groups is 1. The van der Waals surface area contributed by atoms with Crippen LogP contribution in [0.25, 0.3) is 11.1 Å². The monoisotopic (exact) mass is 369 g/mol. The third-order valence-electron chi connectivity index (χ3n) is 5.19. The summed E-state index contributed by atoms with van der Waals surface area (Å²) < 4.78 is 27.5. The molecular weight excluding hydrogens is 348 g/mol. The van der Waals surface area contributed by atoms with Gasteiger partial charge in [0, 0.05) is 47.5 Å². The van der Waals surface area contributed by atoms with Crippen LogP contribution in [0.3, 0.4) is 0 Å². The SMILES string of the molecule is Oc1ccccc1CN1CCC[C@@H](c2[nH]ncc2-c2ccc(F)cc2F)C1. The number of nitrogens with one attached hydrogen (secondary N) is 1. The number of likely N-dealkylation sites (tertiary alicyclic amines) is 1. The summed E-state index contributed by atoms with van der Waals surface area (Å²) in [4.78, 5) is 2.29. The highest BCUT2D eigenvalue weighted by Gasteiger charge is 2.26. The Morgan fingerprint density at radius 1 is 1.15 bits per heavy atom. The van der Waals surface area contributed by atoms with Crippen molar-refractivity contribution in [2.45, 2.75) is 25.3 Å². The Kier molecular flexibility index (Phi) is 4.90. The van der Waals surface area contributed by atoms with Crippen molar-refractivity contribution in [3.05, 3.63) is 71.6 Å². The van der Waals surface area contributed by atoms with Gasteiger partial charge in [-0.25, -0.2) is 8.78 Å². The van der Waals surface area contributed by atoms with Crippen LogP contribution in [0.2, 0.25) is 0 Å². The highest BCUT2D eigenvalue weighted by Crippen LogP contribution is 2.35. The normalized spacial score (nSPS) is 17.9. The summed E-state index contributed by atoms with van der Waals surface area (Å²) >= 11 is 0. The molecule has 2 N–H and O–H groups in total. The van der Waals surface area contributed by atoms with E-state index in [-0.39, 0.29) is 5.92 Å². The van der Waals surface area contributed by atoms with Gasteiger partial charge in [-0.15, -0.1) is 0 Å². The lowest BCUT2D eigenvalue weighted by molar-refractivity contribution is 0.197. The van der Waals surface area contributed by atoms with Gasteiger partial charge in [0.15, 0.2) is 0 Å². The molecule has 1 aliphatic rings. The maximum absolute atomic E-state index is 14.2. The zero-order chi connectivity index (χ0) is 18.8. The van der Waals surface area contributed by atoms with E-state index in [0.29, 0.717) is 23.4 Å². The van der Waals surface area contributed by atoms with Crippen LogP contribution in [0.15, 0.2) is 48.7 Å². The fourth-order valence-electron chi connectivity index (χ4n) is 3.85. The lowest BCUT2D eigenvalue weighted by Gasteiger charge is -2.32. The molecule has 2 heterocycles. The first-order valence-electron chi connectivity index (χ1n) is 9.09. The summed E-state index contributed by atoms with van der Waals surface area (Å²) in [5.41, 5.74) is 2.81. The Morgan fingerprint density at radius 2 is 2.00 bits per heavy atom. The second kappa shape index (κ2) is 7.48. The summed E-state index contributed by atoms with van der Waals surface area (Å²) in [7, 11) is 0. The molecule has 0 radical (unpaired) electrons. The van der Waals surface area contributed by atoms with Crippen LogP contribution in [0.4, 0.5) is 8.78 Å². The molecule has 2 aromatic carbocycles. The van der Waals surface area contributed by atoms with Gasteiger partial charge in [0.25, 0.3) is 0 Å². The molecule has 1 aromatic heterocycles. The molecule has 1 aliphatic heterocycles. The van der Waals surface area contributed by atoms with E-state index >= 15 is 0 Å². The first-order chi connectivity index (χ1) is 13.1. The van der Waals surface area contributed by atoms with Gasteiger partial charge in [-0.3, -0.25) is 10.00 Å². The van der Waals surface area contributed by atoms with Gasteiger partial charge in [0.2, 0.25) is 0 Å². The maximum Gasteiger partial charge on any atom is 0.134 e. The number of benzene rings is 2. The van der Waals surface area contributed by atoms with Crippen LogP contribution in [-0.4, -0.2) is 33.3 Å². The summed E-state index contributed by atoms with van der Waals surface area (Å²) in [6.07, 6.45) is 3.57. The molecule has 4 rings (SSSR count). The van der Waals surface area contributed by atoms with E-state index in [1.807, 2.05) is 18.2 Å². The van der Waals surface area contributed by atoms with E-state index < -0.39 is 11.6 Å². The van der Waals surface area contributed by atoms with Crippen molar-refractivity contribution < 1.29 is 13.9 Å². The van der Waals surface area contributed by atoms with E-state index in [1.165, 1.54) is 12.1 Å². The van der Waals surface area contributed by atoms with Gasteiger partial charge < -0.3 is 5.11 Å². The Hall–Kier alpha value is -2.73. The van der Waals surface area contributed by atoms with E-state index in [1.54, 1.807) is 12.3 Å². The standard InChI is InChI=1S/C21H21F2N3O/c22-16-7-8-17(19(23)10-16)18-11-24-25-21(18)15-5-3-9-26(13-15)12-14-4-1-2-6-20(14)27/h1-2,4,6-8,10-11,15,27H,3,5,9,12-13H2,(H,24,25)/t15-/m1/s1. The minimum absolute atomic E-state index is 0.173. The predicted octanol–water partition coefficient (Wildman–Crippen LogP) is 4.44. The number of aromatic nitrogens is 2. The first kappa shape index (κ1) is 17.7. The number of hydrogen-bond acceptors (Lipinski definition) is 3. The molecular formula is C21H21F2N3O. The van der Waals surface area contributed by atoms with Crippen molar-refractivity contribution in [1.82, 2.24) is 15.1 Å². The lowest BCUT2D eigenvalue weighted by atomic mass is 9.90. The zero-order valence-corrected chi connectivity index (χ0v) is 14.8. The van der Waals surface area contributed by atoms with Gasteiger partial charge in [0.05, 0.1) is 6.20 Å². The first-order valence-corrected chi connectivity index (χ1v) is 9.09. The van der Waals surface area contributed by atoms with Crippen molar-refractivity contribution >= 4 is 0 Å². The van der Waals surface area contributed by atoms with Crippen LogP contribution in [0.5, 0.6) is 5.75 Å². The lowest BCUT2D eigenvalue weighted by Crippen LogP contribution is -2.34. The molecule has 0 unspecified atom stereocenters. The Morgan fingerprint density at radius 3 is 2.81 bits per heavy atom. The van der Waals surface area contributed by atoms with Gasteiger partial charge >= 0.3 is 0 Å². The fourth-order valence-corrected chi connectivity index (χ4v) is 3.85. The largest absolute Gasteiger partial charge is 0.508 e. The highest BCUT2D eigenvalue weighted by molar-refractivity contribution is 5.66. The van der Waals surface area contributed by atoms with Gasteiger partial charge in [-0.1, -0.05) is 18.2 Å². The number of halogens is 2. The molecule has 0 aliphatic carbocycles. The minimum Gasteiger partial charge on any atom is -0.508 e. The number of phenolic OH excluding ortho intramolecular Hbond substituents is 1. The van der Waals surface area contributed by atoms with Crippen LogP contribution in [0.1, 0.15) is 30.0 Å². The van der Waals surface area contributed by atoms with Gasteiger partial charge in [-0.05, 0) is 37.6 Å². The number of hydrogen-bond donors (Lipinski definition) is 2. The van der Waals surface area contributed by atoms with Crippen LogP contribution in [0, 0.1) is 11.6 Å². The summed E-state index contributed by atoms with van der Waals surface area (Å²) in [6, 6.07) is 11.0. The third kappa shape index (κ3) is 3.71. The second-order valence-electron chi connectivity index (χ2n) is 7.02. The number of piperidine rings is 1. The smallest absolute Gasteiger partial charge is 0.134 e. The topological polar surface area (TPSA) is 52.1 Å². The molecule has 1 atom stereocenters. The summed E-state index contributed by atoms with van der Waals surface area (Å²) in [5, 5.41) is 17.2. The third-order valence-corrected chi connectivity index (χ3v) is 5.19. The van der Waals surface area contributed by atoms with Crippen LogP contribution >= 0.6 is 0 Å². The number of aromatic amines is 1. The predicted molar refractivity (Wildman–Crippen MR) is 99.3 cm³/mol. The van der Waals surface area contributed by atoms with Gasteiger partial charge in [-0.2, -0.15) is 5.10 Å². The Bertz CT molecular complexity index is 941. The average Bonchev–Trinajstić information content (AvgIpc) is 3.13. The van der Waals surface area contributed by atoms with Crippen molar-refractivity contribution in [3.63, 3.8) is 0 Å². The second-order valence-corrected chi connectivity index (χ2v) is 7.02. The molecule has 0 spiro atoms. The Labute approximate surface area is 156 Å². The van der Waals surface area contributed by atoms with Crippen molar-refractivity contribution in [2.75, 3.05) is 13.1 Å². The summed E-state index contributed by atoms with van der Waals surface area (Å²) in [6.45, 7) is 2.39. The van der Waals surface area contributed by atoms with E-state index in [9.17, 15) is 13.9 Å². The number of nitrogens with zero attached hydrogens (tertiary/aromatic N) is 2. The zero-order valence-electron chi connectivity index (χ0n) is 14.8. The van der Waals surface area contributed by atoms with Crippen LogP contribution < -0.4 is 0 Å². The molecule has 0 amide bonds. The average molecular weight is 369 g/mol. The van der Waals surface area contributed by atoms with Crippen molar-refractivity contribution in [1.29, 1.82) is 0 Å². The van der Waals surface area contributed by atoms with Crippen molar-refractivity contribution in [2.24, 2.45) is 0 Å². The molecule has 140 valence electrons. The number of H-pyrrole nitrogens is 1. The molecule has 1 saturated heterocycles. The molecule has 1 fully saturated rings. The Balaban J connectivity index is 1.56. The molecule has 0 bridgehead atoms. The van der Waals surface area contributed by atoms with Gasteiger partial charge in [0.1, 0.15) is 17.4 Å². The number of phenols is 1. The maximum atomic E-state index is 14.2. The van der Waals surface area contributed by atoms with E-state index in [0.717, 1.165) is 43.3 Å². The van der Waals surface area contributed by atoms with Crippen molar-refractivity contribution in [3.8, 4) is 16.9 Å². The molecule has 27 heavy (non-hydrogen) atoms. The van der Waals surface area contributed by atoms with Crippen LogP contribution in [-0.2, 0) is 6.54 Å². The number of para-hydroxylation sites is 1. The molecule has 6 heteroatoms. The summed E-state index contributed by atoms with van der Waals surface area (Å²) in [5.74, 6) is -0.700. The fraction of sp³-hybridized carbons (Fsp3) is 0.286. The number of rotatable bonds is 4. The quantitative estimate of drug-likeness (QED) is 0.715.